The van der Waals surface area contributed by atoms with Crippen molar-refractivity contribution in [3.8, 4) is 5.75 Å². The molecule has 13 heteroatoms. The van der Waals surface area contributed by atoms with Gasteiger partial charge in [0.15, 0.2) is 0 Å². The highest BCUT2D eigenvalue weighted by molar-refractivity contribution is 7.66. The summed E-state index contributed by atoms with van der Waals surface area (Å²) in [5.74, 6) is 0.992. The Balaban J connectivity index is 1.63. The summed E-state index contributed by atoms with van der Waals surface area (Å²) in [6.45, 7) is 11.4. The summed E-state index contributed by atoms with van der Waals surface area (Å²) < 4.78 is 47.6. The van der Waals surface area contributed by atoms with E-state index in [9.17, 15) is 23.5 Å². The molecule has 3 unspecified atom stereocenters. The molecule has 6 atom stereocenters. The maximum absolute atomic E-state index is 12.4. The maximum Gasteiger partial charge on any atom is 0.536 e. The van der Waals surface area contributed by atoms with Crippen molar-refractivity contribution in [1.82, 2.24) is 0 Å². The van der Waals surface area contributed by atoms with E-state index in [2.05, 4.69) is 36.3 Å². The van der Waals surface area contributed by atoms with Gasteiger partial charge in [-0.05, 0) is 95.9 Å². The molecule has 1 aromatic rings. The zero-order valence-electron chi connectivity index (χ0n) is 20.6. The number of phosphoric acid groups is 3. The molecule has 0 saturated heterocycles. The van der Waals surface area contributed by atoms with Crippen LogP contribution in [0.2, 0.25) is 0 Å². The van der Waals surface area contributed by atoms with Crippen molar-refractivity contribution < 1.29 is 46.4 Å². The zero-order valence-corrected chi connectivity index (χ0v) is 23.3. The van der Waals surface area contributed by atoms with Gasteiger partial charge < -0.3 is 19.2 Å². The van der Waals surface area contributed by atoms with Gasteiger partial charge in [-0.15, -0.1) is 0 Å². The fourth-order valence-corrected chi connectivity index (χ4v) is 10.9. The van der Waals surface area contributed by atoms with Gasteiger partial charge in [-0.25, -0.2) is 13.7 Å². The van der Waals surface area contributed by atoms with E-state index >= 15 is 0 Å². The van der Waals surface area contributed by atoms with Crippen molar-refractivity contribution in [1.29, 1.82) is 0 Å². The van der Waals surface area contributed by atoms with Crippen LogP contribution in [-0.2, 0) is 34.2 Å². The average Bonchev–Trinajstić information content (AvgIpc) is 2.91. The first-order valence-corrected chi connectivity index (χ1v) is 16.3. The van der Waals surface area contributed by atoms with Crippen molar-refractivity contribution in [2.45, 2.75) is 78.6 Å². The van der Waals surface area contributed by atoms with E-state index in [1.807, 2.05) is 6.92 Å². The fourth-order valence-electron chi connectivity index (χ4n) is 7.91. The third kappa shape index (κ3) is 5.12. The molecule has 0 heterocycles. The lowest BCUT2D eigenvalue weighted by Crippen LogP contribution is -2.55. The lowest BCUT2D eigenvalue weighted by Gasteiger charge is -2.61. The van der Waals surface area contributed by atoms with Gasteiger partial charge >= 0.3 is 23.5 Å². The zero-order chi connectivity index (χ0) is 26.2. The Hall–Kier alpha value is -0.530. The quantitative estimate of drug-likeness (QED) is 0.320. The first-order valence-electron chi connectivity index (χ1n) is 11.8. The molecule has 4 rings (SSSR count). The van der Waals surface area contributed by atoms with Gasteiger partial charge in [-0.3, -0.25) is 4.89 Å². The van der Waals surface area contributed by atoms with Crippen molar-refractivity contribution in [2.24, 2.45) is 22.7 Å². The summed E-state index contributed by atoms with van der Waals surface area (Å²) in [6.07, 6.45) is 6.60. The highest BCUT2D eigenvalue weighted by Gasteiger charge is 2.61. The van der Waals surface area contributed by atoms with Gasteiger partial charge in [-0.2, -0.15) is 8.62 Å². The summed E-state index contributed by atoms with van der Waals surface area (Å²) in [6, 6.07) is 3.25. The van der Waals surface area contributed by atoms with E-state index in [-0.39, 0.29) is 22.0 Å². The van der Waals surface area contributed by atoms with Crippen molar-refractivity contribution in [3.63, 3.8) is 0 Å². The van der Waals surface area contributed by atoms with Crippen LogP contribution in [0.1, 0.15) is 76.5 Å². The van der Waals surface area contributed by atoms with E-state index in [4.69, 9.17) is 14.3 Å². The minimum Gasteiger partial charge on any atom is -0.404 e. The van der Waals surface area contributed by atoms with E-state index in [0.717, 1.165) is 30.4 Å². The summed E-state index contributed by atoms with van der Waals surface area (Å²) in [4.78, 5) is 36.8. The van der Waals surface area contributed by atoms with Crippen LogP contribution in [0.5, 0.6) is 5.75 Å². The molecule has 35 heavy (non-hydrogen) atoms. The Morgan fingerprint density at radius 2 is 1.54 bits per heavy atom. The molecular weight excluding hydrogens is 517 g/mol. The van der Waals surface area contributed by atoms with Crippen LogP contribution < -0.4 is 4.52 Å². The highest BCUT2D eigenvalue weighted by Crippen LogP contribution is 2.69. The predicted molar refractivity (Wildman–Crippen MR) is 129 cm³/mol. The highest BCUT2D eigenvalue weighted by atomic mass is 31.3. The molecule has 2 fully saturated rings. The third-order valence-electron chi connectivity index (χ3n) is 8.82. The fraction of sp³-hybridized carbons (Fsp3) is 0.727. The Bertz CT molecular complexity index is 1180. The molecule has 0 amide bonds. The predicted octanol–water partition coefficient (Wildman–Crippen LogP) is 5.76. The number of benzene rings is 1. The third-order valence-corrected chi connectivity index (χ3v) is 12.6. The molecule has 2 saturated carbocycles. The van der Waals surface area contributed by atoms with E-state index in [1.165, 1.54) is 24.8 Å². The Morgan fingerprint density at radius 1 is 0.886 bits per heavy atom. The van der Waals surface area contributed by atoms with Crippen LogP contribution in [0.25, 0.3) is 0 Å². The molecule has 0 aliphatic heterocycles. The molecule has 10 nitrogen and oxygen atoms in total. The molecule has 1 aromatic carbocycles. The summed E-state index contributed by atoms with van der Waals surface area (Å²) in [5, 5.41) is 0. The van der Waals surface area contributed by atoms with Gasteiger partial charge in [0.25, 0.3) is 0 Å². The lowest BCUT2D eigenvalue weighted by atomic mass is 9.43. The number of aryl methyl sites for hydroxylation is 1. The largest absolute Gasteiger partial charge is 0.536 e. The van der Waals surface area contributed by atoms with Crippen LogP contribution in [0.4, 0.5) is 0 Å². The molecular formula is C22H35O10P3. The standard InChI is InChI=1S/C22H35O10P3/c1-14-11-16(30-34(26,27)32-35(28,29)31-33(23,24)25)12-15-13-18-21(4)9-6-8-20(2,3)17(21)7-10-22(18,5)19(14)15/h11-12,17-18H,6-10,13H2,1-5H3,(H,26,27)(H,28,29)(H2,23,24,25)/t17?,18-,21+,22-/m1/s1. The smallest absolute Gasteiger partial charge is 0.404 e. The Kier molecular flexibility index (Phi) is 6.67. The van der Waals surface area contributed by atoms with E-state index in [0.29, 0.717) is 11.8 Å². The first kappa shape index (κ1) is 27.5. The van der Waals surface area contributed by atoms with Crippen LogP contribution >= 0.6 is 23.5 Å². The first-order chi connectivity index (χ1) is 15.8. The minimum atomic E-state index is -5.57. The normalized spacial score (nSPS) is 35.2. The van der Waals surface area contributed by atoms with Crippen LogP contribution in [-0.4, -0.2) is 19.6 Å². The molecule has 3 aliphatic rings. The number of hydrogen-bond acceptors (Lipinski definition) is 6. The number of hydrogen-bond donors (Lipinski definition) is 4. The molecule has 0 radical (unpaired) electrons. The average molecular weight is 552 g/mol. The summed E-state index contributed by atoms with van der Waals surface area (Å²) in [5.41, 5.74) is 3.54. The molecule has 4 N–H and O–H groups in total. The topological polar surface area (TPSA) is 160 Å². The monoisotopic (exact) mass is 552 g/mol. The van der Waals surface area contributed by atoms with E-state index < -0.39 is 23.5 Å². The second-order valence-electron chi connectivity index (χ2n) is 11.6. The Morgan fingerprint density at radius 3 is 2.17 bits per heavy atom. The van der Waals surface area contributed by atoms with Gasteiger partial charge in [0, 0.05) is 0 Å². The van der Waals surface area contributed by atoms with Crippen LogP contribution in [0.15, 0.2) is 12.1 Å². The number of fused-ring (bicyclic) bond motifs is 5. The van der Waals surface area contributed by atoms with Crippen LogP contribution in [0.3, 0.4) is 0 Å². The van der Waals surface area contributed by atoms with Crippen molar-refractivity contribution >= 4 is 23.5 Å². The minimum absolute atomic E-state index is 0.0313. The van der Waals surface area contributed by atoms with Gasteiger partial charge in [0.05, 0.1) is 0 Å². The molecule has 198 valence electrons. The molecule has 0 aromatic heterocycles. The van der Waals surface area contributed by atoms with Gasteiger partial charge in [0.2, 0.25) is 0 Å². The van der Waals surface area contributed by atoms with Crippen molar-refractivity contribution in [2.75, 3.05) is 0 Å². The SMILES string of the molecule is Cc1cc(OP(=O)(O)OP(=O)(O)OP(=O)(O)O)cc2c1[C@]1(C)CCC3C(C)(C)CCC[C@]3(C)[C@H]1C2. The summed E-state index contributed by atoms with van der Waals surface area (Å²) in [7, 11) is -16.3. The molecule has 0 bridgehead atoms. The maximum atomic E-state index is 12.4. The summed E-state index contributed by atoms with van der Waals surface area (Å²) >= 11 is 0. The second kappa shape index (κ2) is 8.49. The molecule has 3 aliphatic carbocycles. The van der Waals surface area contributed by atoms with Crippen molar-refractivity contribution in [3.05, 3.63) is 28.8 Å². The van der Waals surface area contributed by atoms with E-state index in [1.54, 1.807) is 12.1 Å². The number of rotatable bonds is 6. The van der Waals surface area contributed by atoms with Gasteiger partial charge in [0.1, 0.15) is 5.75 Å². The van der Waals surface area contributed by atoms with Crippen LogP contribution in [0, 0.1) is 29.6 Å². The lowest BCUT2D eigenvalue weighted by molar-refractivity contribution is -0.0983. The molecule has 0 spiro atoms. The Labute approximate surface area is 205 Å². The number of phosphoric ester groups is 1. The second-order valence-corrected chi connectivity index (χ2v) is 15.9. The van der Waals surface area contributed by atoms with Gasteiger partial charge in [-0.1, -0.05) is 34.1 Å².